The maximum Gasteiger partial charge on any atom is 0.252 e. The van der Waals surface area contributed by atoms with Crippen LogP contribution in [0.3, 0.4) is 0 Å². The lowest BCUT2D eigenvalue weighted by molar-refractivity contribution is -0.134. The van der Waals surface area contributed by atoms with Crippen LogP contribution in [0.25, 0.3) is 10.8 Å². The zero-order valence-corrected chi connectivity index (χ0v) is 16.4. The standard InChI is InChI=1S/C22H23N5O3/c28-15-19(25-20(29)18-7-6-16-4-1-2-5-17(16)14-18)21(30)26-10-12-27(13-11-26)22-23-8-3-9-24-22/h1-9,14,19,28H,10-13,15H2,(H,25,29)/t19-/m0/s1. The van der Waals surface area contributed by atoms with E-state index in [-0.39, 0.29) is 11.8 Å². The molecule has 2 N–H and O–H groups in total. The third-order valence-corrected chi connectivity index (χ3v) is 5.22. The average Bonchev–Trinajstić information content (AvgIpc) is 2.82. The van der Waals surface area contributed by atoms with Crippen LogP contribution in [0.4, 0.5) is 5.95 Å². The highest BCUT2D eigenvalue weighted by Gasteiger charge is 2.29. The minimum Gasteiger partial charge on any atom is -0.394 e. The normalized spacial score (nSPS) is 15.1. The first-order chi connectivity index (χ1) is 14.7. The summed E-state index contributed by atoms with van der Waals surface area (Å²) in [6, 6.07) is 13.9. The molecule has 8 heteroatoms. The molecule has 0 radical (unpaired) electrons. The summed E-state index contributed by atoms with van der Waals surface area (Å²) in [6.07, 6.45) is 3.37. The lowest BCUT2D eigenvalue weighted by Gasteiger charge is -2.36. The summed E-state index contributed by atoms with van der Waals surface area (Å²) >= 11 is 0. The average molecular weight is 405 g/mol. The first-order valence-corrected chi connectivity index (χ1v) is 9.87. The summed E-state index contributed by atoms with van der Waals surface area (Å²) in [5.41, 5.74) is 0.450. The van der Waals surface area contributed by atoms with E-state index < -0.39 is 12.6 Å². The Morgan fingerprint density at radius 2 is 1.67 bits per heavy atom. The first-order valence-electron chi connectivity index (χ1n) is 9.87. The van der Waals surface area contributed by atoms with Crippen molar-refractivity contribution in [1.29, 1.82) is 0 Å². The Labute approximate surface area is 174 Å². The molecule has 1 aliphatic rings. The Bertz CT molecular complexity index is 1040. The fraction of sp³-hybridized carbons (Fsp3) is 0.273. The van der Waals surface area contributed by atoms with E-state index in [1.807, 2.05) is 35.2 Å². The monoisotopic (exact) mass is 405 g/mol. The van der Waals surface area contributed by atoms with E-state index >= 15 is 0 Å². The van der Waals surface area contributed by atoms with E-state index in [9.17, 15) is 14.7 Å². The topological polar surface area (TPSA) is 98.7 Å². The van der Waals surface area contributed by atoms with Crippen LogP contribution in [0, 0.1) is 0 Å². The van der Waals surface area contributed by atoms with Gasteiger partial charge < -0.3 is 20.2 Å². The van der Waals surface area contributed by atoms with Crippen LogP contribution in [0.2, 0.25) is 0 Å². The van der Waals surface area contributed by atoms with Crippen LogP contribution in [-0.2, 0) is 4.79 Å². The molecule has 0 bridgehead atoms. The highest BCUT2D eigenvalue weighted by Crippen LogP contribution is 2.16. The van der Waals surface area contributed by atoms with E-state index in [1.165, 1.54) is 0 Å². The van der Waals surface area contributed by atoms with Crippen molar-refractivity contribution in [3.05, 3.63) is 66.5 Å². The summed E-state index contributed by atoms with van der Waals surface area (Å²) < 4.78 is 0. The zero-order chi connectivity index (χ0) is 20.9. The van der Waals surface area contributed by atoms with Gasteiger partial charge in [-0.2, -0.15) is 0 Å². The number of benzene rings is 2. The Morgan fingerprint density at radius 3 is 2.37 bits per heavy atom. The molecule has 2 amide bonds. The number of aromatic nitrogens is 2. The number of amides is 2. The van der Waals surface area contributed by atoms with Gasteiger partial charge in [0, 0.05) is 44.1 Å². The van der Waals surface area contributed by atoms with Gasteiger partial charge >= 0.3 is 0 Å². The molecule has 154 valence electrons. The predicted octanol–water partition coefficient (Wildman–Crippen LogP) is 1.07. The molecule has 1 aliphatic heterocycles. The number of piperazine rings is 1. The minimum atomic E-state index is -0.983. The molecule has 4 rings (SSSR count). The number of nitrogens with zero attached hydrogens (tertiary/aromatic N) is 4. The number of aliphatic hydroxyl groups excluding tert-OH is 1. The molecule has 0 saturated carbocycles. The van der Waals surface area contributed by atoms with Crippen molar-refractivity contribution in [3.63, 3.8) is 0 Å². The van der Waals surface area contributed by atoms with E-state index in [4.69, 9.17) is 0 Å². The van der Waals surface area contributed by atoms with E-state index in [2.05, 4.69) is 15.3 Å². The molecule has 0 aliphatic carbocycles. The van der Waals surface area contributed by atoms with Crippen molar-refractivity contribution in [2.75, 3.05) is 37.7 Å². The lowest BCUT2D eigenvalue weighted by atomic mass is 10.1. The van der Waals surface area contributed by atoms with E-state index in [0.29, 0.717) is 37.7 Å². The molecule has 1 atom stereocenters. The largest absolute Gasteiger partial charge is 0.394 e. The summed E-state index contributed by atoms with van der Waals surface area (Å²) in [7, 11) is 0. The summed E-state index contributed by atoms with van der Waals surface area (Å²) in [5, 5.41) is 14.4. The van der Waals surface area contributed by atoms with Gasteiger partial charge in [0.05, 0.1) is 6.61 Å². The van der Waals surface area contributed by atoms with Crippen molar-refractivity contribution >= 4 is 28.5 Å². The number of hydrogen-bond donors (Lipinski definition) is 2. The number of aliphatic hydroxyl groups is 1. The van der Waals surface area contributed by atoms with Crippen LogP contribution in [0.15, 0.2) is 60.9 Å². The van der Waals surface area contributed by atoms with Gasteiger partial charge in [0.1, 0.15) is 6.04 Å². The predicted molar refractivity (Wildman–Crippen MR) is 113 cm³/mol. The van der Waals surface area contributed by atoms with Crippen LogP contribution >= 0.6 is 0 Å². The van der Waals surface area contributed by atoms with E-state index in [0.717, 1.165) is 10.8 Å². The Balaban J connectivity index is 1.38. The molecule has 1 fully saturated rings. The second kappa shape index (κ2) is 8.87. The number of rotatable bonds is 5. The molecule has 0 spiro atoms. The summed E-state index contributed by atoms with van der Waals surface area (Å²) in [4.78, 5) is 37.6. The third kappa shape index (κ3) is 4.23. The third-order valence-electron chi connectivity index (χ3n) is 5.22. The Hall–Kier alpha value is -3.52. The number of carbonyl (C=O) groups excluding carboxylic acids is 2. The highest BCUT2D eigenvalue weighted by atomic mass is 16.3. The minimum absolute atomic E-state index is 0.291. The van der Waals surface area contributed by atoms with E-state index in [1.54, 1.807) is 35.5 Å². The second-order valence-electron chi connectivity index (χ2n) is 7.13. The van der Waals surface area contributed by atoms with Crippen LogP contribution in [-0.4, -0.2) is 70.6 Å². The van der Waals surface area contributed by atoms with Crippen LogP contribution < -0.4 is 10.2 Å². The number of hydrogen-bond acceptors (Lipinski definition) is 6. The maximum absolute atomic E-state index is 12.9. The fourth-order valence-electron chi connectivity index (χ4n) is 3.56. The molecular weight excluding hydrogens is 382 g/mol. The van der Waals surface area contributed by atoms with Crippen molar-refractivity contribution in [2.24, 2.45) is 0 Å². The molecule has 3 aromatic rings. The van der Waals surface area contributed by atoms with Gasteiger partial charge in [-0.15, -0.1) is 0 Å². The first kappa shape index (κ1) is 19.8. The molecule has 2 aromatic carbocycles. The van der Waals surface area contributed by atoms with Gasteiger partial charge in [0.15, 0.2) is 0 Å². The summed E-state index contributed by atoms with van der Waals surface area (Å²) in [6.45, 7) is 1.66. The smallest absolute Gasteiger partial charge is 0.252 e. The molecule has 30 heavy (non-hydrogen) atoms. The Kier molecular flexibility index (Phi) is 5.85. The zero-order valence-electron chi connectivity index (χ0n) is 16.4. The molecule has 8 nitrogen and oxygen atoms in total. The SMILES string of the molecule is O=C(N[C@@H](CO)C(=O)N1CCN(c2ncccn2)CC1)c1ccc2ccccc2c1. The maximum atomic E-state index is 12.9. The van der Waals surface area contributed by atoms with Gasteiger partial charge in [-0.1, -0.05) is 30.3 Å². The lowest BCUT2D eigenvalue weighted by Crippen LogP contribution is -2.56. The van der Waals surface area contributed by atoms with Gasteiger partial charge in [0.2, 0.25) is 11.9 Å². The van der Waals surface area contributed by atoms with Gasteiger partial charge in [-0.05, 0) is 29.0 Å². The molecular formula is C22H23N5O3. The number of anilines is 1. The van der Waals surface area contributed by atoms with Crippen molar-refractivity contribution in [2.45, 2.75) is 6.04 Å². The van der Waals surface area contributed by atoms with Crippen molar-refractivity contribution in [3.8, 4) is 0 Å². The van der Waals surface area contributed by atoms with Crippen LogP contribution in [0.5, 0.6) is 0 Å². The molecule has 0 unspecified atom stereocenters. The van der Waals surface area contributed by atoms with Gasteiger partial charge in [0.25, 0.3) is 5.91 Å². The highest BCUT2D eigenvalue weighted by molar-refractivity contribution is 6.00. The van der Waals surface area contributed by atoms with Crippen LogP contribution in [0.1, 0.15) is 10.4 Å². The number of carbonyl (C=O) groups is 2. The van der Waals surface area contributed by atoms with Crippen molar-refractivity contribution < 1.29 is 14.7 Å². The Morgan fingerprint density at radius 1 is 0.967 bits per heavy atom. The molecule has 2 heterocycles. The fourth-order valence-corrected chi connectivity index (χ4v) is 3.56. The second-order valence-corrected chi connectivity index (χ2v) is 7.13. The quantitative estimate of drug-likeness (QED) is 0.659. The summed E-state index contributed by atoms with van der Waals surface area (Å²) in [5.74, 6) is -0.0438. The molecule has 1 saturated heterocycles. The van der Waals surface area contributed by atoms with Gasteiger partial charge in [-0.25, -0.2) is 9.97 Å². The van der Waals surface area contributed by atoms with Gasteiger partial charge in [-0.3, -0.25) is 9.59 Å². The molecule has 1 aromatic heterocycles. The van der Waals surface area contributed by atoms with Crippen molar-refractivity contribution in [1.82, 2.24) is 20.2 Å². The number of nitrogens with one attached hydrogen (secondary N) is 1. The number of fused-ring (bicyclic) bond motifs is 1.